The van der Waals surface area contributed by atoms with Gasteiger partial charge in [0.05, 0.1) is 18.7 Å². The highest BCUT2D eigenvalue weighted by Gasteiger charge is 2.16. The highest BCUT2D eigenvalue weighted by atomic mass is 79.9. The Hall–Kier alpha value is -2.34. The number of hydrogen-bond donors (Lipinski definition) is 1. The standard InChI is InChI=1S/C18H18BrNO4/c1-12(13-6-4-3-5-7-13)20-17(21)11-24-18(22)15-10-14(23-2)8-9-16(15)19/h3-10,12H,11H2,1-2H3,(H,20,21). The van der Waals surface area contributed by atoms with Crippen molar-refractivity contribution in [1.29, 1.82) is 0 Å². The van der Waals surface area contributed by atoms with Gasteiger partial charge in [-0.25, -0.2) is 4.79 Å². The zero-order chi connectivity index (χ0) is 17.5. The van der Waals surface area contributed by atoms with Crippen LogP contribution in [-0.4, -0.2) is 25.6 Å². The van der Waals surface area contributed by atoms with Gasteiger partial charge in [0.1, 0.15) is 5.75 Å². The average molecular weight is 392 g/mol. The van der Waals surface area contributed by atoms with Gasteiger partial charge in [0, 0.05) is 4.47 Å². The topological polar surface area (TPSA) is 64.6 Å². The molecular weight excluding hydrogens is 374 g/mol. The minimum Gasteiger partial charge on any atom is -0.497 e. The van der Waals surface area contributed by atoms with Gasteiger partial charge in [0.2, 0.25) is 0 Å². The van der Waals surface area contributed by atoms with Crippen molar-refractivity contribution in [2.45, 2.75) is 13.0 Å². The van der Waals surface area contributed by atoms with Gasteiger partial charge in [-0.2, -0.15) is 0 Å². The number of nitrogens with one attached hydrogen (secondary N) is 1. The molecule has 0 aliphatic rings. The molecule has 5 nitrogen and oxygen atoms in total. The molecule has 0 bridgehead atoms. The molecule has 0 saturated carbocycles. The molecule has 0 spiro atoms. The SMILES string of the molecule is COc1ccc(Br)c(C(=O)OCC(=O)NC(C)c2ccccc2)c1. The Bertz CT molecular complexity index is 718. The molecule has 0 saturated heterocycles. The number of esters is 1. The van der Waals surface area contributed by atoms with E-state index in [0.717, 1.165) is 5.56 Å². The molecule has 0 aliphatic heterocycles. The van der Waals surface area contributed by atoms with Crippen molar-refractivity contribution in [3.05, 3.63) is 64.1 Å². The first-order valence-electron chi connectivity index (χ1n) is 7.36. The monoisotopic (exact) mass is 391 g/mol. The number of carbonyl (C=O) groups excluding carboxylic acids is 2. The summed E-state index contributed by atoms with van der Waals surface area (Å²) < 4.78 is 10.7. The van der Waals surface area contributed by atoms with Crippen LogP contribution in [0.15, 0.2) is 53.0 Å². The lowest BCUT2D eigenvalue weighted by atomic mass is 10.1. The highest BCUT2D eigenvalue weighted by molar-refractivity contribution is 9.10. The molecule has 1 atom stereocenters. The van der Waals surface area contributed by atoms with E-state index in [4.69, 9.17) is 9.47 Å². The number of halogens is 1. The first-order chi connectivity index (χ1) is 11.5. The lowest BCUT2D eigenvalue weighted by molar-refractivity contribution is -0.124. The van der Waals surface area contributed by atoms with Crippen LogP contribution in [0.2, 0.25) is 0 Å². The molecule has 6 heteroatoms. The molecular formula is C18H18BrNO4. The summed E-state index contributed by atoms with van der Waals surface area (Å²) in [5.74, 6) is -0.422. The summed E-state index contributed by atoms with van der Waals surface area (Å²) in [6.45, 7) is 1.52. The smallest absolute Gasteiger partial charge is 0.339 e. The fourth-order valence-electron chi connectivity index (χ4n) is 2.10. The van der Waals surface area contributed by atoms with Gasteiger partial charge in [-0.3, -0.25) is 4.79 Å². The zero-order valence-corrected chi connectivity index (χ0v) is 15.0. The van der Waals surface area contributed by atoms with Gasteiger partial charge in [0.25, 0.3) is 5.91 Å². The third-order valence-electron chi connectivity index (χ3n) is 3.40. The second-order valence-corrected chi connectivity index (χ2v) is 5.98. The van der Waals surface area contributed by atoms with E-state index in [2.05, 4.69) is 21.2 Å². The zero-order valence-electron chi connectivity index (χ0n) is 13.4. The van der Waals surface area contributed by atoms with Crippen LogP contribution in [0.1, 0.15) is 28.9 Å². The van der Waals surface area contributed by atoms with Gasteiger partial charge in [-0.1, -0.05) is 30.3 Å². The summed E-state index contributed by atoms with van der Waals surface area (Å²) in [5, 5.41) is 2.79. The Morgan fingerprint density at radius 3 is 2.54 bits per heavy atom. The van der Waals surface area contributed by atoms with Crippen LogP contribution in [0.3, 0.4) is 0 Å². The number of benzene rings is 2. The maximum absolute atomic E-state index is 12.1. The second kappa shape index (κ2) is 8.49. The minimum absolute atomic E-state index is 0.166. The van der Waals surface area contributed by atoms with E-state index in [-0.39, 0.29) is 18.6 Å². The number of rotatable bonds is 6. The molecule has 1 amide bonds. The van der Waals surface area contributed by atoms with Crippen molar-refractivity contribution < 1.29 is 19.1 Å². The van der Waals surface area contributed by atoms with Crippen LogP contribution in [0.4, 0.5) is 0 Å². The lowest BCUT2D eigenvalue weighted by Crippen LogP contribution is -2.31. The van der Waals surface area contributed by atoms with E-state index in [1.54, 1.807) is 18.2 Å². The highest BCUT2D eigenvalue weighted by Crippen LogP contribution is 2.23. The summed E-state index contributed by atoms with van der Waals surface area (Å²) in [6, 6.07) is 14.3. The lowest BCUT2D eigenvalue weighted by Gasteiger charge is -2.14. The van der Waals surface area contributed by atoms with E-state index in [0.29, 0.717) is 15.8 Å². The van der Waals surface area contributed by atoms with Crippen LogP contribution in [0, 0.1) is 0 Å². The fraction of sp³-hybridized carbons (Fsp3) is 0.222. The number of methoxy groups -OCH3 is 1. The Labute approximate surface area is 149 Å². The van der Waals surface area contributed by atoms with Crippen molar-refractivity contribution in [2.75, 3.05) is 13.7 Å². The van der Waals surface area contributed by atoms with Gasteiger partial charge >= 0.3 is 5.97 Å². The van der Waals surface area contributed by atoms with Gasteiger partial charge in [-0.15, -0.1) is 0 Å². The number of amides is 1. The van der Waals surface area contributed by atoms with Crippen molar-refractivity contribution >= 4 is 27.8 Å². The molecule has 2 aromatic rings. The van der Waals surface area contributed by atoms with Crippen LogP contribution in [0.25, 0.3) is 0 Å². The van der Waals surface area contributed by atoms with Gasteiger partial charge in [-0.05, 0) is 46.6 Å². The molecule has 0 aliphatic carbocycles. The Morgan fingerprint density at radius 1 is 1.17 bits per heavy atom. The van der Waals surface area contributed by atoms with Crippen LogP contribution in [-0.2, 0) is 9.53 Å². The second-order valence-electron chi connectivity index (χ2n) is 5.12. The van der Waals surface area contributed by atoms with Gasteiger partial charge < -0.3 is 14.8 Å². The van der Waals surface area contributed by atoms with Crippen molar-refractivity contribution in [1.82, 2.24) is 5.32 Å². The molecule has 1 unspecified atom stereocenters. The summed E-state index contributed by atoms with van der Waals surface area (Å²) in [4.78, 5) is 24.1. The van der Waals surface area contributed by atoms with Gasteiger partial charge in [0.15, 0.2) is 6.61 Å². The molecule has 0 aromatic heterocycles. The molecule has 0 fully saturated rings. The minimum atomic E-state index is -0.594. The summed E-state index contributed by atoms with van der Waals surface area (Å²) >= 11 is 3.28. The summed E-state index contributed by atoms with van der Waals surface area (Å²) in [7, 11) is 1.51. The third kappa shape index (κ3) is 4.83. The molecule has 1 N–H and O–H groups in total. The molecule has 2 rings (SSSR count). The first-order valence-corrected chi connectivity index (χ1v) is 8.15. The number of carbonyl (C=O) groups is 2. The van der Waals surface area contributed by atoms with E-state index in [1.807, 2.05) is 37.3 Å². The van der Waals surface area contributed by atoms with Crippen molar-refractivity contribution in [3.8, 4) is 5.75 Å². The average Bonchev–Trinajstić information content (AvgIpc) is 2.60. The predicted octanol–water partition coefficient (Wildman–Crippen LogP) is 3.49. The third-order valence-corrected chi connectivity index (χ3v) is 4.10. The van der Waals surface area contributed by atoms with Crippen LogP contribution in [0.5, 0.6) is 5.75 Å². The fourth-order valence-corrected chi connectivity index (χ4v) is 2.51. The molecule has 126 valence electrons. The Balaban J connectivity index is 1.91. The summed E-state index contributed by atoms with van der Waals surface area (Å²) in [5.41, 5.74) is 1.28. The quantitative estimate of drug-likeness (QED) is 0.765. The Kier molecular flexibility index (Phi) is 6.37. The maximum Gasteiger partial charge on any atom is 0.339 e. The predicted molar refractivity (Wildman–Crippen MR) is 94.0 cm³/mol. The first kappa shape index (κ1) is 18.0. The van der Waals surface area contributed by atoms with E-state index in [1.165, 1.54) is 7.11 Å². The summed E-state index contributed by atoms with van der Waals surface area (Å²) in [6.07, 6.45) is 0. The normalized spacial score (nSPS) is 11.5. The Morgan fingerprint density at radius 2 is 1.88 bits per heavy atom. The van der Waals surface area contributed by atoms with E-state index in [9.17, 15) is 9.59 Å². The molecule has 2 aromatic carbocycles. The molecule has 0 heterocycles. The van der Waals surface area contributed by atoms with Crippen molar-refractivity contribution in [2.24, 2.45) is 0 Å². The number of ether oxygens (including phenoxy) is 2. The largest absolute Gasteiger partial charge is 0.497 e. The maximum atomic E-state index is 12.1. The van der Waals surface area contributed by atoms with Crippen LogP contribution >= 0.6 is 15.9 Å². The van der Waals surface area contributed by atoms with E-state index < -0.39 is 5.97 Å². The molecule has 0 radical (unpaired) electrons. The van der Waals surface area contributed by atoms with Crippen molar-refractivity contribution in [3.63, 3.8) is 0 Å². The number of hydrogen-bond acceptors (Lipinski definition) is 4. The molecule has 24 heavy (non-hydrogen) atoms. The van der Waals surface area contributed by atoms with E-state index >= 15 is 0 Å². The van der Waals surface area contributed by atoms with Crippen LogP contribution < -0.4 is 10.1 Å².